The molecule has 3 rings (SSSR count). The van der Waals surface area contributed by atoms with Crippen LogP contribution in [0, 0.1) is 5.41 Å². The van der Waals surface area contributed by atoms with Crippen molar-refractivity contribution in [2.45, 2.75) is 70.6 Å². The van der Waals surface area contributed by atoms with Gasteiger partial charge in [0, 0.05) is 66.2 Å². The van der Waals surface area contributed by atoms with Crippen molar-refractivity contribution in [2.24, 2.45) is 5.41 Å². The summed E-state index contributed by atoms with van der Waals surface area (Å²) in [5.41, 5.74) is -0.701. The minimum atomic E-state index is -4.02. The summed E-state index contributed by atoms with van der Waals surface area (Å²) in [6.07, 6.45) is 0.777. The maximum Gasteiger partial charge on any atom is 0.407 e. The fourth-order valence-corrected chi connectivity index (χ4v) is 7.44. The van der Waals surface area contributed by atoms with Gasteiger partial charge in [0.05, 0.1) is 0 Å². The summed E-state index contributed by atoms with van der Waals surface area (Å²) in [5.74, 6) is 0. The van der Waals surface area contributed by atoms with E-state index >= 15 is 0 Å². The standard InChI is InChI=1S/C26H40BrN3O6SSi/c1-25(2,3)38(6,7)36-18-26(4,5)17-29-16-22(21-15-19(27)9-10-20(21)23(29)31)37(34,35)30-12-8-11-28(13-14-30)24(32)33/h9-10,15-16H,8,11-14,17-18H2,1-7H3,(H,32,33). The zero-order valence-corrected chi connectivity index (χ0v) is 26.8. The summed E-state index contributed by atoms with van der Waals surface area (Å²) in [4.78, 5) is 26.3. The van der Waals surface area contributed by atoms with Gasteiger partial charge in [-0.2, -0.15) is 4.31 Å². The Morgan fingerprint density at radius 1 is 1.08 bits per heavy atom. The molecule has 0 saturated carbocycles. The number of halogens is 1. The molecule has 0 bridgehead atoms. The summed E-state index contributed by atoms with van der Waals surface area (Å²) in [6, 6.07) is 5.03. The third-order valence-electron chi connectivity index (χ3n) is 7.58. The summed E-state index contributed by atoms with van der Waals surface area (Å²) in [5, 5.41) is 10.1. The first kappa shape index (κ1) is 30.8. The topological polar surface area (TPSA) is 109 Å². The van der Waals surface area contributed by atoms with E-state index in [0.29, 0.717) is 28.3 Å². The number of amides is 1. The Balaban J connectivity index is 2.03. The molecular weight excluding hydrogens is 590 g/mol. The highest BCUT2D eigenvalue weighted by Gasteiger charge is 2.39. The molecule has 2 aromatic rings. The highest BCUT2D eigenvalue weighted by molar-refractivity contribution is 9.10. The number of carbonyl (C=O) groups is 1. The Hall–Kier alpha value is -1.73. The van der Waals surface area contributed by atoms with Gasteiger partial charge >= 0.3 is 6.09 Å². The predicted octanol–water partition coefficient (Wildman–Crippen LogP) is 5.19. The average Bonchev–Trinajstić information content (AvgIpc) is 3.06. The van der Waals surface area contributed by atoms with E-state index in [4.69, 9.17) is 4.43 Å². The quantitative estimate of drug-likeness (QED) is 0.422. The van der Waals surface area contributed by atoms with E-state index in [9.17, 15) is 23.1 Å². The smallest absolute Gasteiger partial charge is 0.407 e. The van der Waals surface area contributed by atoms with Crippen molar-refractivity contribution in [3.05, 3.63) is 39.2 Å². The second-order valence-corrected chi connectivity index (χ2v) is 20.0. The number of sulfonamides is 1. The Morgan fingerprint density at radius 2 is 1.74 bits per heavy atom. The molecule has 0 radical (unpaired) electrons. The lowest BCUT2D eigenvalue weighted by atomic mass is 9.94. The van der Waals surface area contributed by atoms with Gasteiger partial charge in [-0.1, -0.05) is 50.5 Å². The SMILES string of the molecule is CC(C)(CO[Si](C)(C)C(C)(C)C)Cn1cc(S(=O)(=O)N2CCCN(C(=O)O)CC2)c2cc(Br)ccc2c1=O. The van der Waals surface area contributed by atoms with E-state index in [2.05, 4.69) is 49.8 Å². The first-order chi connectivity index (χ1) is 17.4. The van der Waals surface area contributed by atoms with E-state index in [1.54, 1.807) is 18.2 Å². The van der Waals surface area contributed by atoms with Gasteiger partial charge in [-0.25, -0.2) is 13.2 Å². The molecule has 0 atom stereocenters. The molecule has 2 heterocycles. The zero-order chi connectivity index (χ0) is 28.7. The first-order valence-electron chi connectivity index (χ1n) is 12.8. The number of benzene rings is 1. The number of nitrogens with zero attached hydrogens (tertiary/aromatic N) is 3. The molecule has 9 nitrogen and oxygen atoms in total. The Kier molecular flexibility index (Phi) is 8.94. The molecule has 1 aliphatic heterocycles. The molecule has 1 aromatic carbocycles. The molecular formula is C26H40BrN3O6SSi. The largest absolute Gasteiger partial charge is 0.465 e. The highest BCUT2D eigenvalue weighted by Crippen LogP contribution is 2.38. The molecule has 0 spiro atoms. The molecule has 1 aliphatic rings. The molecule has 0 aliphatic carbocycles. The molecule has 212 valence electrons. The maximum atomic E-state index is 13.9. The maximum absolute atomic E-state index is 13.9. The fourth-order valence-electron chi connectivity index (χ4n) is 4.22. The number of hydrogen-bond acceptors (Lipinski definition) is 5. The molecule has 12 heteroatoms. The summed E-state index contributed by atoms with van der Waals surface area (Å²) in [7, 11) is -6.04. The van der Waals surface area contributed by atoms with Crippen LogP contribution in [0.25, 0.3) is 10.8 Å². The molecule has 1 N–H and O–H groups in total. The van der Waals surface area contributed by atoms with Crippen molar-refractivity contribution < 1.29 is 22.7 Å². The average molecular weight is 631 g/mol. The lowest BCUT2D eigenvalue weighted by molar-refractivity contribution is 0.145. The third-order valence-corrected chi connectivity index (χ3v) is 14.5. The second kappa shape index (κ2) is 11.0. The van der Waals surface area contributed by atoms with Crippen molar-refractivity contribution in [1.29, 1.82) is 0 Å². The van der Waals surface area contributed by atoms with Crippen LogP contribution in [0.3, 0.4) is 0 Å². The van der Waals surface area contributed by atoms with Gasteiger partial charge in [-0.3, -0.25) is 4.79 Å². The minimum absolute atomic E-state index is 0.0401. The van der Waals surface area contributed by atoms with Crippen LogP contribution in [0.15, 0.2) is 38.6 Å². The second-order valence-electron chi connectivity index (χ2n) is 12.4. The van der Waals surface area contributed by atoms with Crippen molar-refractivity contribution in [3.63, 3.8) is 0 Å². The summed E-state index contributed by atoms with van der Waals surface area (Å²) >= 11 is 3.41. The zero-order valence-electron chi connectivity index (χ0n) is 23.4. The van der Waals surface area contributed by atoms with Gasteiger partial charge in [0.2, 0.25) is 10.0 Å². The van der Waals surface area contributed by atoms with Gasteiger partial charge < -0.3 is 19.0 Å². The highest BCUT2D eigenvalue weighted by atomic mass is 79.9. The van der Waals surface area contributed by atoms with E-state index in [0.717, 1.165) is 0 Å². The van der Waals surface area contributed by atoms with Crippen molar-refractivity contribution >= 4 is 51.1 Å². The van der Waals surface area contributed by atoms with Crippen LogP contribution in [-0.4, -0.2) is 74.5 Å². The molecule has 1 saturated heterocycles. The summed E-state index contributed by atoms with van der Waals surface area (Å²) < 4.78 is 37.8. The van der Waals surface area contributed by atoms with Crippen LogP contribution < -0.4 is 5.56 Å². The van der Waals surface area contributed by atoms with E-state index in [-0.39, 0.29) is 48.2 Å². The lowest BCUT2D eigenvalue weighted by Crippen LogP contribution is -2.44. The molecule has 1 fully saturated rings. The van der Waals surface area contributed by atoms with Crippen LogP contribution in [0.2, 0.25) is 18.1 Å². The number of pyridine rings is 1. The van der Waals surface area contributed by atoms with E-state index in [1.165, 1.54) is 20.0 Å². The number of fused-ring (bicyclic) bond motifs is 1. The monoisotopic (exact) mass is 629 g/mol. The van der Waals surface area contributed by atoms with Crippen LogP contribution in [0.5, 0.6) is 0 Å². The van der Waals surface area contributed by atoms with Crippen LogP contribution in [0.4, 0.5) is 4.79 Å². The van der Waals surface area contributed by atoms with Gasteiger partial charge in [0.15, 0.2) is 8.32 Å². The Labute approximate surface area is 235 Å². The fraction of sp³-hybridized carbons (Fsp3) is 0.615. The number of aromatic nitrogens is 1. The van der Waals surface area contributed by atoms with Gasteiger partial charge in [0.25, 0.3) is 5.56 Å². The predicted molar refractivity (Wildman–Crippen MR) is 156 cm³/mol. The van der Waals surface area contributed by atoms with E-state index < -0.39 is 29.8 Å². The molecule has 1 amide bonds. The third kappa shape index (κ3) is 6.69. The Bertz CT molecular complexity index is 1370. The van der Waals surface area contributed by atoms with Crippen LogP contribution in [0.1, 0.15) is 41.0 Å². The molecule has 0 unspecified atom stereocenters. The van der Waals surface area contributed by atoms with Crippen molar-refractivity contribution in [1.82, 2.24) is 13.8 Å². The lowest BCUT2D eigenvalue weighted by Gasteiger charge is -2.39. The summed E-state index contributed by atoms with van der Waals surface area (Å²) in [6.45, 7) is 16.3. The Morgan fingerprint density at radius 3 is 2.34 bits per heavy atom. The number of hydrogen-bond donors (Lipinski definition) is 1. The van der Waals surface area contributed by atoms with Gasteiger partial charge in [0.1, 0.15) is 4.90 Å². The first-order valence-corrected chi connectivity index (χ1v) is 17.9. The van der Waals surface area contributed by atoms with Gasteiger partial charge in [-0.05, 0) is 42.8 Å². The van der Waals surface area contributed by atoms with Crippen molar-refractivity contribution in [2.75, 3.05) is 32.8 Å². The van der Waals surface area contributed by atoms with Crippen LogP contribution >= 0.6 is 15.9 Å². The van der Waals surface area contributed by atoms with Crippen molar-refractivity contribution in [3.8, 4) is 0 Å². The molecule has 1 aromatic heterocycles. The molecule has 38 heavy (non-hydrogen) atoms. The number of carboxylic acid groups (broad SMARTS) is 1. The van der Waals surface area contributed by atoms with Gasteiger partial charge in [-0.15, -0.1) is 0 Å². The van der Waals surface area contributed by atoms with E-state index in [1.807, 2.05) is 13.8 Å². The number of rotatable bonds is 7. The normalized spacial score (nSPS) is 16.6. The minimum Gasteiger partial charge on any atom is -0.465 e. The van der Waals surface area contributed by atoms with Crippen LogP contribution in [-0.2, 0) is 21.0 Å².